The van der Waals surface area contributed by atoms with Crippen LogP contribution < -0.4 is 10.9 Å². The maximum atomic E-state index is 12.3. The van der Waals surface area contributed by atoms with Crippen LogP contribution in [0.5, 0.6) is 0 Å². The molecule has 1 fully saturated rings. The summed E-state index contributed by atoms with van der Waals surface area (Å²) in [6, 6.07) is 0.190. The van der Waals surface area contributed by atoms with Gasteiger partial charge in [0.1, 0.15) is 11.6 Å². The minimum atomic E-state index is -0.727. The molecule has 2 N–H and O–H groups in total. The lowest BCUT2D eigenvalue weighted by molar-refractivity contribution is -0.385. The summed E-state index contributed by atoms with van der Waals surface area (Å²) in [5, 5.41) is 13.3. The molecule has 1 aliphatic rings. The van der Waals surface area contributed by atoms with Gasteiger partial charge in [0.25, 0.3) is 17.2 Å². The van der Waals surface area contributed by atoms with Crippen LogP contribution in [-0.2, 0) is 4.79 Å². The number of aromatic nitrogens is 1. The molecule has 1 aliphatic heterocycles. The number of amides is 2. The number of H-pyrrole nitrogens is 1. The van der Waals surface area contributed by atoms with Crippen LogP contribution in [0.4, 0.5) is 5.69 Å². The van der Waals surface area contributed by atoms with Gasteiger partial charge in [0.05, 0.1) is 11.1 Å². The largest absolute Gasteiger partial charge is 0.353 e. The van der Waals surface area contributed by atoms with E-state index in [1.807, 2.05) is 0 Å². The third-order valence-corrected chi connectivity index (χ3v) is 3.09. The first kappa shape index (κ1) is 13.7. The fraction of sp³-hybridized carbons (Fsp3) is 0.364. The monoisotopic (exact) mass is 280 g/mol. The number of aromatic amines is 1. The molecule has 1 atom stereocenters. The Hall–Kier alpha value is -2.71. The fourth-order valence-corrected chi connectivity index (χ4v) is 1.95. The molecule has 2 rings (SSSR count). The predicted molar refractivity (Wildman–Crippen MR) is 67.2 cm³/mol. The molecule has 2 heterocycles. The van der Waals surface area contributed by atoms with Crippen LogP contribution in [-0.4, -0.2) is 45.8 Å². The third-order valence-electron chi connectivity index (χ3n) is 3.09. The van der Waals surface area contributed by atoms with Crippen LogP contribution in [0.1, 0.15) is 17.3 Å². The van der Waals surface area contributed by atoms with E-state index in [2.05, 4.69) is 10.3 Å². The van der Waals surface area contributed by atoms with E-state index >= 15 is 0 Å². The van der Waals surface area contributed by atoms with Crippen molar-refractivity contribution < 1.29 is 14.5 Å². The summed E-state index contributed by atoms with van der Waals surface area (Å²) in [7, 11) is 0. The Bertz CT molecular complexity index is 638. The van der Waals surface area contributed by atoms with E-state index in [4.69, 9.17) is 0 Å². The van der Waals surface area contributed by atoms with Crippen molar-refractivity contribution in [1.82, 2.24) is 15.2 Å². The highest BCUT2D eigenvalue weighted by Gasteiger charge is 2.31. The number of carbonyl (C=O) groups is 2. The lowest BCUT2D eigenvalue weighted by atomic mass is 10.1. The molecule has 106 valence electrons. The van der Waals surface area contributed by atoms with Crippen molar-refractivity contribution in [2.24, 2.45) is 0 Å². The van der Waals surface area contributed by atoms with Gasteiger partial charge < -0.3 is 15.2 Å². The molecular weight excluding hydrogens is 268 g/mol. The summed E-state index contributed by atoms with van der Waals surface area (Å²) in [4.78, 5) is 48.7. The highest BCUT2D eigenvalue weighted by atomic mass is 16.6. The van der Waals surface area contributed by atoms with E-state index in [-0.39, 0.29) is 30.2 Å². The molecule has 1 aromatic heterocycles. The van der Waals surface area contributed by atoms with Crippen molar-refractivity contribution in [1.29, 1.82) is 0 Å². The summed E-state index contributed by atoms with van der Waals surface area (Å²) < 4.78 is 0. The molecule has 0 spiro atoms. The van der Waals surface area contributed by atoms with Crippen LogP contribution >= 0.6 is 0 Å². The second-order valence-electron chi connectivity index (χ2n) is 4.32. The number of piperazine rings is 1. The van der Waals surface area contributed by atoms with E-state index < -0.39 is 22.4 Å². The topological polar surface area (TPSA) is 125 Å². The number of carbonyl (C=O) groups excluding carboxylic acids is 2. The first-order chi connectivity index (χ1) is 9.41. The number of nitrogens with one attached hydrogen (secondary N) is 2. The van der Waals surface area contributed by atoms with Gasteiger partial charge in [0, 0.05) is 19.2 Å². The molecule has 0 bridgehead atoms. The van der Waals surface area contributed by atoms with Crippen LogP contribution in [0.15, 0.2) is 17.1 Å². The van der Waals surface area contributed by atoms with Crippen molar-refractivity contribution in [2.75, 3.05) is 13.1 Å². The van der Waals surface area contributed by atoms with E-state index in [1.165, 1.54) is 11.8 Å². The van der Waals surface area contributed by atoms with Crippen LogP contribution in [0.25, 0.3) is 0 Å². The van der Waals surface area contributed by atoms with Gasteiger partial charge in [-0.2, -0.15) is 0 Å². The molecular formula is C11H12N4O5. The van der Waals surface area contributed by atoms with Crippen LogP contribution in [0, 0.1) is 10.1 Å². The summed E-state index contributed by atoms with van der Waals surface area (Å²) in [5.41, 5.74) is -1.46. The fourth-order valence-electron chi connectivity index (χ4n) is 1.95. The number of hydrogen-bond donors (Lipinski definition) is 2. The van der Waals surface area contributed by atoms with Crippen molar-refractivity contribution in [3.05, 3.63) is 38.3 Å². The Morgan fingerprint density at radius 1 is 1.50 bits per heavy atom. The number of rotatable bonds is 2. The van der Waals surface area contributed by atoms with Crippen molar-refractivity contribution in [3.63, 3.8) is 0 Å². The van der Waals surface area contributed by atoms with Gasteiger partial charge in [-0.15, -0.1) is 0 Å². The van der Waals surface area contributed by atoms with Gasteiger partial charge in [-0.3, -0.25) is 24.5 Å². The highest BCUT2D eigenvalue weighted by molar-refractivity contribution is 5.98. The van der Waals surface area contributed by atoms with E-state index in [0.29, 0.717) is 0 Å². The molecule has 0 aliphatic carbocycles. The summed E-state index contributed by atoms with van der Waals surface area (Å²) in [6.45, 7) is 2.05. The zero-order valence-corrected chi connectivity index (χ0v) is 10.6. The van der Waals surface area contributed by atoms with Crippen molar-refractivity contribution in [2.45, 2.75) is 13.0 Å². The number of pyridine rings is 1. The SMILES string of the molecule is CC1C(=O)NCCN1C(=O)c1cc([N+](=O)[O-])c[nH]c1=O. The first-order valence-corrected chi connectivity index (χ1v) is 5.87. The average Bonchev–Trinajstić information content (AvgIpc) is 2.41. The molecule has 2 amide bonds. The average molecular weight is 280 g/mol. The summed E-state index contributed by atoms with van der Waals surface area (Å²) in [6.07, 6.45) is 0.922. The first-order valence-electron chi connectivity index (χ1n) is 5.87. The van der Waals surface area contributed by atoms with Crippen LogP contribution in [0.2, 0.25) is 0 Å². The quantitative estimate of drug-likeness (QED) is 0.544. The maximum absolute atomic E-state index is 12.3. The number of nitrogens with zero attached hydrogens (tertiary/aromatic N) is 2. The standard InChI is InChI=1S/C11H12N4O5/c1-6-9(16)12-2-3-14(6)11(18)8-4-7(15(19)20)5-13-10(8)17/h4-6H,2-3H2,1H3,(H,12,16)(H,13,17). The predicted octanol–water partition coefficient (Wildman–Crippen LogP) is -0.756. The lowest BCUT2D eigenvalue weighted by Crippen LogP contribution is -2.56. The van der Waals surface area contributed by atoms with E-state index in [0.717, 1.165) is 12.3 Å². The van der Waals surface area contributed by atoms with Gasteiger partial charge in [0.15, 0.2) is 0 Å². The third kappa shape index (κ3) is 2.37. The molecule has 9 nitrogen and oxygen atoms in total. The Morgan fingerprint density at radius 3 is 2.85 bits per heavy atom. The second-order valence-corrected chi connectivity index (χ2v) is 4.32. The molecule has 0 aromatic carbocycles. The van der Waals surface area contributed by atoms with E-state index in [1.54, 1.807) is 0 Å². The zero-order valence-electron chi connectivity index (χ0n) is 10.6. The van der Waals surface area contributed by atoms with Crippen molar-refractivity contribution in [3.8, 4) is 0 Å². The number of hydrogen-bond acceptors (Lipinski definition) is 5. The van der Waals surface area contributed by atoms with E-state index in [9.17, 15) is 24.5 Å². The summed E-state index contributed by atoms with van der Waals surface area (Å²) in [5.74, 6) is -1.02. The minimum absolute atomic E-state index is 0.244. The number of nitro groups is 1. The molecule has 0 saturated carbocycles. The maximum Gasteiger partial charge on any atom is 0.286 e. The van der Waals surface area contributed by atoms with Gasteiger partial charge in [-0.25, -0.2) is 0 Å². The van der Waals surface area contributed by atoms with Gasteiger partial charge in [-0.05, 0) is 6.92 Å². The molecule has 9 heteroatoms. The normalized spacial score (nSPS) is 18.6. The second kappa shape index (κ2) is 5.11. The molecule has 1 aromatic rings. The molecule has 0 radical (unpaired) electrons. The zero-order chi connectivity index (χ0) is 14.9. The Labute approximate surface area is 112 Å². The van der Waals surface area contributed by atoms with Crippen LogP contribution in [0.3, 0.4) is 0 Å². The van der Waals surface area contributed by atoms with Crippen molar-refractivity contribution >= 4 is 17.5 Å². The molecule has 1 saturated heterocycles. The van der Waals surface area contributed by atoms with Gasteiger partial charge in [-0.1, -0.05) is 0 Å². The van der Waals surface area contributed by atoms with Gasteiger partial charge >= 0.3 is 0 Å². The molecule has 1 unspecified atom stereocenters. The Kier molecular flexibility index (Phi) is 3.51. The van der Waals surface area contributed by atoms with Gasteiger partial charge in [0.2, 0.25) is 5.91 Å². The Morgan fingerprint density at radius 2 is 2.20 bits per heavy atom. The Balaban J connectivity index is 2.38. The smallest absolute Gasteiger partial charge is 0.286 e. The summed E-state index contributed by atoms with van der Waals surface area (Å²) >= 11 is 0. The highest BCUT2D eigenvalue weighted by Crippen LogP contribution is 2.13. The lowest BCUT2D eigenvalue weighted by Gasteiger charge is -2.32. The molecule has 20 heavy (non-hydrogen) atoms. The minimum Gasteiger partial charge on any atom is -0.353 e.